The van der Waals surface area contributed by atoms with E-state index in [-0.39, 0.29) is 0 Å². The molecular weight excluding hydrogens is 200 g/mol. The lowest BCUT2D eigenvalue weighted by molar-refractivity contribution is 0.411. The maximum absolute atomic E-state index is 5.23. The van der Waals surface area contributed by atoms with Crippen molar-refractivity contribution in [2.45, 2.75) is 20.4 Å². The Morgan fingerprint density at radius 3 is 2.56 bits per heavy atom. The maximum atomic E-state index is 5.23. The molecule has 0 spiro atoms. The molecule has 16 heavy (non-hydrogen) atoms. The van der Waals surface area contributed by atoms with Crippen LogP contribution in [0.25, 0.3) is 0 Å². The fraction of sp³-hybridized carbons (Fsp3) is 0.538. The van der Waals surface area contributed by atoms with Gasteiger partial charge in [-0.15, -0.1) is 0 Å². The molecule has 0 bridgehead atoms. The van der Waals surface area contributed by atoms with Crippen molar-refractivity contribution in [1.29, 1.82) is 0 Å². The molecule has 0 heterocycles. The van der Waals surface area contributed by atoms with Crippen molar-refractivity contribution in [3.8, 4) is 5.75 Å². The predicted molar refractivity (Wildman–Crippen MR) is 68.0 cm³/mol. The molecule has 0 unspecified atom stereocenters. The van der Waals surface area contributed by atoms with Crippen LogP contribution < -0.4 is 15.4 Å². The van der Waals surface area contributed by atoms with Crippen molar-refractivity contribution in [2.75, 3.05) is 26.7 Å². The molecule has 1 rings (SSSR count). The molecule has 0 radical (unpaired) electrons. The summed E-state index contributed by atoms with van der Waals surface area (Å²) in [5.74, 6) is 0.955. The fourth-order valence-electron chi connectivity index (χ4n) is 1.64. The zero-order valence-electron chi connectivity index (χ0n) is 10.5. The Morgan fingerprint density at radius 2 is 1.94 bits per heavy atom. The zero-order chi connectivity index (χ0) is 11.8. The number of ether oxygens (including phenoxy) is 1. The highest BCUT2D eigenvalue weighted by atomic mass is 16.5. The molecule has 1 aromatic carbocycles. The summed E-state index contributed by atoms with van der Waals surface area (Å²) in [4.78, 5) is 0. The first-order chi connectivity index (χ1) is 7.77. The zero-order valence-corrected chi connectivity index (χ0v) is 10.5. The van der Waals surface area contributed by atoms with E-state index in [0.29, 0.717) is 0 Å². The second kappa shape index (κ2) is 7.25. The minimum absolute atomic E-state index is 0.913. The van der Waals surface area contributed by atoms with E-state index in [2.05, 4.69) is 36.6 Å². The van der Waals surface area contributed by atoms with Gasteiger partial charge >= 0.3 is 0 Å². The summed E-state index contributed by atoms with van der Waals surface area (Å²) in [5, 5.41) is 6.68. The first-order valence-electron chi connectivity index (χ1n) is 5.83. The Hall–Kier alpha value is -1.06. The van der Waals surface area contributed by atoms with Crippen LogP contribution in [0, 0.1) is 6.92 Å². The Labute approximate surface area is 98.2 Å². The summed E-state index contributed by atoms with van der Waals surface area (Å²) < 4.78 is 5.23. The minimum atomic E-state index is 0.913. The van der Waals surface area contributed by atoms with Crippen LogP contribution >= 0.6 is 0 Å². The molecule has 0 aliphatic rings. The normalized spacial score (nSPS) is 10.4. The molecule has 0 saturated heterocycles. The van der Waals surface area contributed by atoms with Gasteiger partial charge in [0.25, 0.3) is 0 Å². The van der Waals surface area contributed by atoms with Gasteiger partial charge < -0.3 is 15.4 Å². The van der Waals surface area contributed by atoms with Crippen molar-refractivity contribution in [2.24, 2.45) is 0 Å². The Kier molecular flexibility index (Phi) is 5.90. The van der Waals surface area contributed by atoms with Gasteiger partial charge in [-0.3, -0.25) is 0 Å². The van der Waals surface area contributed by atoms with E-state index >= 15 is 0 Å². The molecule has 0 aliphatic carbocycles. The first-order valence-corrected chi connectivity index (χ1v) is 5.83. The van der Waals surface area contributed by atoms with Crippen molar-refractivity contribution < 1.29 is 4.74 Å². The summed E-state index contributed by atoms with van der Waals surface area (Å²) in [6, 6.07) is 6.29. The third kappa shape index (κ3) is 4.21. The van der Waals surface area contributed by atoms with Crippen molar-refractivity contribution in [3.05, 3.63) is 29.3 Å². The second-order valence-electron chi connectivity index (χ2n) is 3.83. The van der Waals surface area contributed by atoms with Crippen molar-refractivity contribution in [3.63, 3.8) is 0 Å². The number of likely N-dealkylation sites (N-methyl/N-ethyl adjacent to an activating group) is 1. The summed E-state index contributed by atoms with van der Waals surface area (Å²) in [5.41, 5.74) is 2.49. The standard InChI is InChI=1S/C13H22N2O/c1-4-14-7-8-15-10-12-5-6-13(16-3)11(2)9-12/h5-6,9,14-15H,4,7-8,10H2,1-3H3. The van der Waals surface area contributed by atoms with Gasteiger partial charge in [-0.05, 0) is 30.7 Å². The van der Waals surface area contributed by atoms with Gasteiger partial charge in [0.2, 0.25) is 0 Å². The molecule has 2 N–H and O–H groups in total. The first kappa shape index (κ1) is 13.0. The largest absolute Gasteiger partial charge is 0.496 e. The third-order valence-corrected chi connectivity index (χ3v) is 2.52. The third-order valence-electron chi connectivity index (χ3n) is 2.52. The summed E-state index contributed by atoms with van der Waals surface area (Å²) in [6.07, 6.45) is 0. The van der Waals surface area contributed by atoms with Crippen LogP contribution in [0.1, 0.15) is 18.1 Å². The SMILES string of the molecule is CCNCCNCc1ccc(OC)c(C)c1. The van der Waals surface area contributed by atoms with Crippen LogP contribution in [-0.4, -0.2) is 26.7 Å². The van der Waals surface area contributed by atoms with E-state index < -0.39 is 0 Å². The lowest BCUT2D eigenvalue weighted by Gasteiger charge is -2.08. The van der Waals surface area contributed by atoms with Crippen LogP contribution in [0.2, 0.25) is 0 Å². The van der Waals surface area contributed by atoms with Gasteiger partial charge in [0.15, 0.2) is 0 Å². The van der Waals surface area contributed by atoms with Gasteiger partial charge in [0, 0.05) is 19.6 Å². The minimum Gasteiger partial charge on any atom is -0.496 e. The van der Waals surface area contributed by atoms with Crippen LogP contribution in [0.4, 0.5) is 0 Å². The maximum Gasteiger partial charge on any atom is 0.121 e. The fourth-order valence-corrected chi connectivity index (χ4v) is 1.64. The quantitative estimate of drug-likeness (QED) is 0.689. The van der Waals surface area contributed by atoms with Crippen LogP contribution in [0.15, 0.2) is 18.2 Å². The molecule has 0 aliphatic heterocycles. The van der Waals surface area contributed by atoms with E-state index in [1.165, 1.54) is 11.1 Å². The van der Waals surface area contributed by atoms with Gasteiger partial charge in [0.1, 0.15) is 5.75 Å². The lowest BCUT2D eigenvalue weighted by atomic mass is 10.1. The van der Waals surface area contributed by atoms with Crippen molar-refractivity contribution >= 4 is 0 Å². The Balaban J connectivity index is 2.34. The number of hydrogen-bond acceptors (Lipinski definition) is 3. The molecule has 1 aromatic rings. The van der Waals surface area contributed by atoms with E-state index in [1.807, 2.05) is 6.07 Å². The molecule has 90 valence electrons. The van der Waals surface area contributed by atoms with Crippen LogP contribution in [0.5, 0.6) is 5.75 Å². The number of methoxy groups -OCH3 is 1. The van der Waals surface area contributed by atoms with E-state index in [4.69, 9.17) is 4.74 Å². The van der Waals surface area contributed by atoms with E-state index in [1.54, 1.807) is 7.11 Å². The molecule has 3 nitrogen and oxygen atoms in total. The molecule has 0 aromatic heterocycles. The van der Waals surface area contributed by atoms with Gasteiger partial charge in [-0.2, -0.15) is 0 Å². The number of nitrogens with one attached hydrogen (secondary N) is 2. The number of benzene rings is 1. The number of hydrogen-bond donors (Lipinski definition) is 2. The topological polar surface area (TPSA) is 33.3 Å². The summed E-state index contributed by atoms with van der Waals surface area (Å²) in [6.45, 7) is 8.15. The number of rotatable bonds is 7. The summed E-state index contributed by atoms with van der Waals surface area (Å²) in [7, 11) is 1.71. The monoisotopic (exact) mass is 222 g/mol. The Morgan fingerprint density at radius 1 is 1.19 bits per heavy atom. The molecule has 0 saturated carbocycles. The predicted octanol–water partition coefficient (Wildman–Crippen LogP) is 1.70. The van der Waals surface area contributed by atoms with Gasteiger partial charge in [0.05, 0.1) is 7.11 Å². The molecule has 3 heteroatoms. The highest BCUT2D eigenvalue weighted by Crippen LogP contribution is 2.18. The smallest absolute Gasteiger partial charge is 0.121 e. The molecule has 0 fully saturated rings. The summed E-state index contributed by atoms with van der Waals surface area (Å²) >= 11 is 0. The second-order valence-corrected chi connectivity index (χ2v) is 3.83. The van der Waals surface area contributed by atoms with Crippen molar-refractivity contribution in [1.82, 2.24) is 10.6 Å². The van der Waals surface area contributed by atoms with Gasteiger partial charge in [-0.1, -0.05) is 19.1 Å². The molecule has 0 atom stereocenters. The lowest BCUT2D eigenvalue weighted by Crippen LogP contribution is -2.26. The highest BCUT2D eigenvalue weighted by molar-refractivity contribution is 5.36. The van der Waals surface area contributed by atoms with E-state index in [9.17, 15) is 0 Å². The van der Waals surface area contributed by atoms with Gasteiger partial charge in [-0.25, -0.2) is 0 Å². The molecular formula is C13H22N2O. The van der Waals surface area contributed by atoms with Crippen LogP contribution in [0.3, 0.4) is 0 Å². The highest BCUT2D eigenvalue weighted by Gasteiger charge is 1.99. The average Bonchev–Trinajstić information content (AvgIpc) is 2.29. The number of aryl methyl sites for hydroxylation is 1. The average molecular weight is 222 g/mol. The molecule has 0 amide bonds. The van der Waals surface area contributed by atoms with E-state index in [0.717, 1.165) is 31.9 Å². The van der Waals surface area contributed by atoms with Crippen LogP contribution in [-0.2, 0) is 6.54 Å². The Bertz CT molecular complexity index is 313.